The number of Topliss-reactive ketones (excluding diaryl/α,β-unsaturated/α-hetero) is 1. The lowest BCUT2D eigenvalue weighted by Crippen LogP contribution is -2.09. The number of hydrogen-bond donors (Lipinski definition) is 2. The molecule has 1 rings (SSSR count). The van der Waals surface area contributed by atoms with E-state index in [1.165, 1.54) is 6.92 Å². The fourth-order valence-corrected chi connectivity index (χ4v) is 1.04. The van der Waals surface area contributed by atoms with Crippen molar-refractivity contribution in [1.82, 2.24) is 4.98 Å². The van der Waals surface area contributed by atoms with E-state index in [1.54, 1.807) is 0 Å². The van der Waals surface area contributed by atoms with Gasteiger partial charge in [0, 0.05) is 13.1 Å². The average Bonchev–Trinajstić information content (AvgIpc) is 2.00. The summed E-state index contributed by atoms with van der Waals surface area (Å²) in [6.07, 6.45) is 1.03. The molecule has 1 aromatic heterocycles. The second-order valence-corrected chi connectivity index (χ2v) is 2.63. The summed E-state index contributed by atoms with van der Waals surface area (Å²) in [6.45, 7) is 1.27. The van der Waals surface area contributed by atoms with E-state index in [1.807, 2.05) is 0 Å². The molecule has 0 atom stereocenters. The maximum Gasteiger partial charge on any atom is 0.242 e. The van der Waals surface area contributed by atoms with Crippen molar-refractivity contribution in [2.45, 2.75) is 6.92 Å². The van der Waals surface area contributed by atoms with Crippen LogP contribution >= 0.6 is 11.6 Å². The minimum absolute atomic E-state index is 0.0134. The molecule has 0 aromatic carbocycles. The third-order valence-electron chi connectivity index (χ3n) is 1.36. The molecular formula is C7H6ClNO3. The van der Waals surface area contributed by atoms with Gasteiger partial charge in [-0.05, 0) is 0 Å². The van der Waals surface area contributed by atoms with Crippen molar-refractivity contribution < 1.29 is 9.90 Å². The first-order valence-electron chi connectivity index (χ1n) is 3.15. The van der Waals surface area contributed by atoms with Crippen molar-refractivity contribution >= 4 is 17.4 Å². The minimum Gasteiger partial charge on any atom is -0.503 e. The average molecular weight is 188 g/mol. The van der Waals surface area contributed by atoms with Gasteiger partial charge in [-0.15, -0.1) is 0 Å². The maximum absolute atomic E-state index is 10.9. The van der Waals surface area contributed by atoms with Gasteiger partial charge in [-0.3, -0.25) is 9.59 Å². The molecule has 0 fully saturated rings. The number of hydrogen-bond acceptors (Lipinski definition) is 3. The first-order chi connectivity index (χ1) is 5.54. The van der Waals surface area contributed by atoms with E-state index in [-0.39, 0.29) is 16.5 Å². The van der Waals surface area contributed by atoms with E-state index in [4.69, 9.17) is 16.7 Å². The molecule has 0 aliphatic carbocycles. The summed E-state index contributed by atoms with van der Waals surface area (Å²) in [4.78, 5) is 24.1. The molecule has 0 aliphatic heterocycles. The number of aromatic hydroxyl groups is 1. The Bertz CT molecular complexity index is 383. The third kappa shape index (κ3) is 1.33. The predicted molar refractivity (Wildman–Crippen MR) is 43.7 cm³/mol. The van der Waals surface area contributed by atoms with Crippen LogP contribution in [0.3, 0.4) is 0 Å². The van der Waals surface area contributed by atoms with Crippen molar-refractivity contribution in [1.29, 1.82) is 0 Å². The number of aromatic amines is 1. The minimum atomic E-state index is -0.736. The number of halogens is 1. The van der Waals surface area contributed by atoms with Gasteiger partial charge in [0.15, 0.2) is 11.5 Å². The van der Waals surface area contributed by atoms with Gasteiger partial charge in [-0.2, -0.15) is 0 Å². The molecule has 0 spiro atoms. The van der Waals surface area contributed by atoms with E-state index in [0.717, 1.165) is 6.20 Å². The first-order valence-corrected chi connectivity index (χ1v) is 3.53. The van der Waals surface area contributed by atoms with E-state index in [0.29, 0.717) is 0 Å². The first kappa shape index (κ1) is 8.80. The standard InChI is InChI=1S/C7H6ClNO3/c1-3(10)6-5(8)7(12)4(11)2-9-6/h2,11H,1H3,(H,9,12). The summed E-state index contributed by atoms with van der Waals surface area (Å²) in [5, 5.41) is 8.59. The van der Waals surface area contributed by atoms with Gasteiger partial charge < -0.3 is 10.1 Å². The summed E-state index contributed by atoms with van der Waals surface area (Å²) in [6, 6.07) is 0. The van der Waals surface area contributed by atoms with E-state index >= 15 is 0 Å². The molecule has 2 N–H and O–H groups in total. The van der Waals surface area contributed by atoms with Crippen molar-refractivity contribution in [3.05, 3.63) is 27.1 Å². The lowest BCUT2D eigenvalue weighted by Gasteiger charge is -1.98. The monoisotopic (exact) mass is 187 g/mol. The highest BCUT2D eigenvalue weighted by atomic mass is 35.5. The van der Waals surface area contributed by atoms with Gasteiger partial charge in [0.05, 0.1) is 0 Å². The number of carbonyl (C=O) groups is 1. The normalized spacial score (nSPS) is 9.83. The lowest BCUT2D eigenvalue weighted by molar-refractivity contribution is 0.101. The fourth-order valence-electron chi connectivity index (χ4n) is 0.752. The summed E-state index contributed by atoms with van der Waals surface area (Å²) < 4.78 is 0. The second-order valence-electron chi connectivity index (χ2n) is 2.25. The van der Waals surface area contributed by atoms with E-state index in [2.05, 4.69) is 4.98 Å². The Morgan fingerprint density at radius 2 is 2.25 bits per heavy atom. The van der Waals surface area contributed by atoms with Gasteiger partial charge in [-0.25, -0.2) is 0 Å². The SMILES string of the molecule is CC(=O)c1[nH]cc(O)c(=O)c1Cl. The second kappa shape index (κ2) is 2.98. The zero-order valence-corrected chi connectivity index (χ0v) is 6.97. The quantitative estimate of drug-likeness (QED) is 0.643. The van der Waals surface area contributed by atoms with Crippen molar-refractivity contribution in [3.63, 3.8) is 0 Å². The topological polar surface area (TPSA) is 70.2 Å². The lowest BCUT2D eigenvalue weighted by atomic mass is 10.2. The van der Waals surface area contributed by atoms with Crippen molar-refractivity contribution in [2.75, 3.05) is 0 Å². The van der Waals surface area contributed by atoms with Crippen LogP contribution in [0.1, 0.15) is 17.4 Å². The maximum atomic E-state index is 10.9. The highest BCUT2D eigenvalue weighted by molar-refractivity contribution is 6.33. The van der Waals surface area contributed by atoms with Gasteiger partial charge in [-0.1, -0.05) is 11.6 Å². The molecule has 0 aliphatic rings. The number of H-pyrrole nitrogens is 1. The largest absolute Gasteiger partial charge is 0.503 e. The smallest absolute Gasteiger partial charge is 0.242 e. The van der Waals surface area contributed by atoms with Crippen LogP contribution in [0.5, 0.6) is 5.75 Å². The summed E-state index contributed by atoms with van der Waals surface area (Å²) in [5.41, 5.74) is -0.722. The summed E-state index contributed by atoms with van der Waals surface area (Å²) >= 11 is 5.47. The molecule has 0 radical (unpaired) electrons. The Balaban J connectivity index is 3.47. The number of carbonyl (C=O) groups excluding carboxylic acids is 1. The van der Waals surface area contributed by atoms with Crippen LogP contribution in [0, 0.1) is 0 Å². The van der Waals surface area contributed by atoms with Crippen LogP contribution in [0.15, 0.2) is 11.0 Å². The Morgan fingerprint density at radius 3 is 2.75 bits per heavy atom. The Hall–Kier alpha value is -1.29. The molecule has 0 bridgehead atoms. The molecular weight excluding hydrogens is 182 g/mol. The van der Waals surface area contributed by atoms with Crippen LogP contribution < -0.4 is 5.43 Å². The van der Waals surface area contributed by atoms with Crippen LogP contribution in [-0.4, -0.2) is 15.9 Å². The number of pyridine rings is 1. The molecule has 0 amide bonds. The molecule has 0 unspecified atom stereocenters. The molecule has 1 aromatic rings. The third-order valence-corrected chi connectivity index (χ3v) is 1.72. The molecule has 1 heterocycles. The summed E-state index contributed by atoms with van der Waals surface area (Å²) in [5.74, 6) is -0.845. The van der Waals surface area contributed by atoms with Crippen molar-refractivity contribution in [2.24, 2.45) is 0 Å². The molecule has 0 saturated heterocycles. The van der Waals surface area contributed by atoms with Crippen LogP contribution in [0.4, 0.5) is 0 Å². The highest BCUT2D eigenvalue weighted by Crippen LogP contribution is 2.11. The Morgan fingerprint density at radius 1 is 1.67 bits per heavy atom. The van der Waals surface area contributed by atoms with Crippen LogP contribution in [0.25, 0.3) is 0 Å². The Labute approximate surface area is 72.8 Å². The fraction of sp³-hybridized carbons (Fsp3) is 0.143. The zero-order chi connectivity index (χ0) is 9.30. The number of aromatic nitrogens is 1. The predicted octanol–water partition coefficient (Wildman–Crippen LogP) is 0.936. The van der Waals surface area contributed by atoms with E-state index < -0.39 is 11.2 Å². The summed E-state index contributed by atoms with van der Waals surface area (Å²) in [7, 11) is 0. The van der Waals surface area contributed by atoms with Gasteiger partial charge in [0.25, 0.3) is 0 Å². The van der Waals surface area contributed by atoms with Gasteiger partial charge >= 0.3 is 0 Å². The Kier molecular flexibility index (Phi) is 2.19. The van der Waals surface area contributed by atoms with Gasteiger partial charge in [0.1, 0.15) is 10.7 Å². The number of ketones is 1. The van der Waals surface area contributed by atoms with Crippen LogP contribution in [0.2, 0.25) is 5.02 Å². The molecule has 12 heavy (non-hydrogen) atoms. The number of rotatable bonds is 1. The molecule has 0 saturated carbocycles. The van der Waals surface area contributed by atoms with Crippen LogP contribution in [-0.2, 0) is 0 Å². The van der Waals surface area contributed by atoms with E-state index in [9.17, 15) is 9.59 Å². The highest BCUT2D eigenvalue weighted by Gasteiger charge is 2.11. The molecule has 64 valence electrons. The molecule has 5 heteroatoms. The van der Waals surface area contributed by atoms with Crippen molar-refractivity contribution in [3.8, 4) is 5.75 Å². The zero-order valence-electron chi connectivity index (χ0n) is 6.22. The van der Waals surface area contributed by atoms with Gasteiger partial charge in [0.2, 0.25) is 5.43 Å². The molecule has 4 nitrogen and oxygen atoms in total. The number of nitrogens with one attached hydrogen (secondary N) is 1.